The molecule has 0 spiro atoms. The molecule has 0 aliphatic rings. The lowest BCUT2D eigenvalue weighted by atomic mass is 10.2. The fraction of sp³-hybridized carbons (Fsp3) is 0.267. The Bertz CT molecular complexity index is 675. The number of hydrogen-bond acceptors (Lipinski definition) is 5. The van der Waals surface area contributed by atoms with Crippen molar-refractivity contribution in [2.24, 2.45) is 0 Å². The van der Waals surface area contributed by atoms with Gasteiger partial charge in [0.15, 0.2) is 0 Å². The van der Waals surface area contributed by atoms with Crippen molar-refractivity contribution < 1.29 is 14.4 Å². The van der Waals surface area contributed by atoms with Crippen LogP contribution in [-0.2, 0) is 16.1 Å². The second-order valence-corrected chi connectivity index (χ2v) is 6.87. The molecule has 5 nitrogen and oxygen atoms in total. The van der Waals surface area contributed by atoms with Crippen LogP contribution in [0.3, 0.4) is 0 Å². The number of ketones is 1. The number of thiophene rings is 2. The number of rotatable bonds is 5. The van der Waals surface area contributed by atoms with Crippen molar-refractivity contribution in [3.05, 3.63) is 44.3 Å². The van der Waals surface area contributed by atoms with Gasteiger partial charge in [-0.05, 0) is 37.4 Å². The van der Waals surface area contributed by atoms with Crippen LogP contribution in [-0.4, -0.2) is 23.6 Å². The summed E-state index contributed by atoms with van der Waals surface area (Å²) in [5, 5.41) is 8.72. The monoisotopic (exact) mass is 336 g/mol. The summed E-state index contributed by atoms with van der Waals surface area (Å²) in [6.07, 6.45) is 0. The molecule has 0 radical (unpaired) electrons. The molecular weight excluding hydrogens is 320 g/mol. The van der Waals surface area contributed by atoms with Gasteiger partial charge in [0.2, 0.25) is 5.78 Å². The van der Waals surface area contributed by atoms with E-state index in [1.165, 1.54) is 22.7 Å². The van der Waals surface area contributed by atoms with Gasteiger partial charge in [-0.1, -0.05) is 0 Å². The minimum Gasteiger partial charge on any atom is -0.346 e. The minimum atomic E-state index is -0.673. The molecule has 0 fully saturated rings. The predicted molar refractivity (Wildman–Crippen MR) is 87.2 cm³/mol. The molecule has 0 saturated heterocycles. The molecule has 2 N–H and O–H groups in total. The van der Waals surface area contributed by atoms with Crippen molar-refractivity contribution in [3.8, 4) is 0 Å². The molecule has 2 amide bonds. The summed E-state index contributed by atoms with van der Waals surface area (Å²) < 4.78 is 0. The van der Waals surface area contributed by atoms with Crippen LogP contribution >= 0.6 is 22.7 Å². The van der Waals surface area contributed by atoms with Gasteiger partial charge in [0.05, 0.1) is 11.4 Å². The molecule has 0 atom stereocenters. The number of amides is 2. The van der Waals surface area contributed by atoms with Crippen molar-refractivity contribution >= 4 is 40.3 Å². The quantitative estimate of drug-likeness (QED) is 0.649. The summed E-state index contributed by atoms with van der Waals surface area (Å²) in [6.45, 7) is 3.80. The maximum Gasteiger partial charge on any atom is 0.309 e. The Kier molecular flexibility index (Phi) is 5.46. The first-order valence-corrected chi connectivity index (χ1v) is 8.47. The Morgan fingerprint density at radius 1 is 1.14 bits per heavy atom. The zero-order valence-corrected chi connectivity index (χ0v) is 13.8. The van der Waals surface area contributed by atoms with Gasteiger partial charge in [-0.15, -0.1) is 11.3 Å². The van der Waals surface area contributed by atoms with E-state index < -0.39 is 11.8 Å². The average Bonchev–Trinajstić information content (AvgIpc) is 3.14. The van der Waals surface area contributed by atoms with Crippen LogP contribution in [0, 0.1) is 0 Å². The molecule has 2 aromatic rings. The Labute approximate surface area is 136 Å². The van der Waals surface area contributed by atoms with Crippen LogP contribution in [0.15, 0.2) is 29.0 Å². The largest absolute Gasteiger partial charge is 0.346 e. The van der Waals surface area contributed by atoms with E-state index in [4.69, 9.17) is 0 Å². The van der Waals surface area contributed by atoms with Crippen LogP contribution in [0.4, 0.5) is 0 Å². The minimum absolute atomic E-state index is 0.0265. The zero-order valence-electron chi connectivity index (χ0n) is 12.2. The molecule has 0 aliphatic carbocycles. The molecule has 7 heteroatoms. The van der Waals surface area contributed by atoms with Gasteiger partial charge in [-0.2, -0.15) is 11.3 Å². The highest BCUT2D eigenvalue weighted by Gasteiger charge is 2.15. The highest BCUT2D eigenvalue weighted by atomic mass is 32.1. The first-order valence-electron chi connectivity index (χ1n) is 6.71. The van der Waals surface area contributed by atoms with Crippen molar-refractivity contribution in [1.29, 1.82) is 0 Å². The normalized spacial score (nSPS) is 10.5. The molecule has 2 rings (SSSR count). The van der Waals surface area contributed by atoms with Crippen LogP contribution < -0.4 is 10.6 Å². The number of carbonyl (C=O) groups is 3. The smallest absolute Gasteiger partial charge is 0.309 e. The van der Waals surface area contributed by atoms with E-state index in [0.717, 1.165) is 4.88 Å². The van der Waals surface area contributed by atoms with Gasteiger partial charge >= 0.3 is 11.8 Å². The molecule has 0 bridgehead atoms. The lowest BCUT2D eigenvalue weighted by Gasteiger charge is -2.07. The van der Waals surface area contributed by atoms with Crippen LogP contribution in [0.1, 0.15) is 34.0 Å². The third kappa shape index (κ3) is 4.25. The third-order valence-electron chi connectivity index (χ3n) is 2.72. The zero-order chi connectivity index (χ0) is 16.1. The van der Waals surface area contributed by atoms with Gasteiger partial charge in [-0.3, -0.25) is 14.4 Å². The van der Waals surface area contributed by atoms with Crippen molar-refractivity contribution in [1.82, 2.24) is 10.6 Å². The van der Waals surface area contributed by atoms with Gasteiger partial charge < -0.3 is 10.6 Å². The number of nitrogens with one attached hydrogen (secondary N) is 2. The van der Waals surface area contributed by atoms with Crippen molar-refractivity contribution in [2.45, 2.75) is 26.4 Å². The lowest BCUT2D eigenvalue weighted by Crippen LogP contribution is -2.42. The van der Waals surface area contributed by atoms with Crippen molar-refractivity contribution in [3.63, 3.8) is 0 Å². The van der Waals surface area contributed by atoms with E-state index in [-0.39, 0.29) is 18.4 Å². The molecule has 0 saturated carbocycles. The van der Waals surface area contributed by atoms with E-state index in [0.29, 0.717) is 10.4 Å². The highest BCUT2D eigenvalue weighted by Crippen LogP contribution is 2.21. The maximum atomic E-state index is 12.2. The van der Waals surface area contributed by atoms with E-state index in [1.54, 1.807) is 37.4 Å². The van der Waals surface area contributed by atoms with Gasteiger partial charge in [0.25, 0.3) is 0 Å². The molecule has 2 heterocycles. The summed E-state index contributed by atoms with van der Waals surface area (Å²) in [6, 6.07) is 5.21. The second-order valence-electron chi connectivity index (χ2n) is 4.92. The van der Waals surface area contributed by atoms with Gasteiger partial charge in [-0.25, -0.2) is 0 Å². The Hall–Kier alpha value is -1.99. The summed E-state index contributed by atoms with van der Waals surface area (Å²) in [5.74, 6) is -1.35. The summed E-state index contributed by atoms with van der Waals surface area (Å²) in [4.78, 5) is 36.7. The van der Waals surface area contributed by atoms with E-state index in [9.17, 15) is 14.4 Å². The number of hydrogen-bond donors (Lipinski definition) is 2. The molecule has 0 aromatic carbocycles. The predicted octanol–water partition coefficient (Wildman–Crippen LogP) is 2.18. The van der Waals surface area contributed by atoms with Crippen molar-refractivity contribution in [2.75, 3.05) is 0 Å². The first kappa shape index (κ1) is 16.4. The van der Waals surface area contributed by atoms with Gasteiger partial charge in [0.1, 0.15) is 0 Å². The lowest BCUT2D eigenvalue weighted by molar-refractivity contribution is -0.139. The fourth-order valence-corrected chi connectivity index (χ4v) is 3.25. The molecule has 0 unspecified atom stereocenters. The van der Waals surface area contributed by atoms with Crippen LogP contribution in [0.5, 0.6) is 0 Å². The van der Waals surface area contributed by atoms with E-state index in [1.807, 2.05) is 5.38 Å². The SMILES string of the molecule is CC(C)NC(=O)C(=O)NCc1ccc(C(=O)c2ccsc2)s1. The van der Waals surface area contributed by atoms with Gasteiger partial charge in [0, 0.05) is 21.9 Å². The Morgan fingerprint density at radius 2 is 1.91 bits per heavy atom. The molecule has 2 aromatic heterocycles. The van der Waals surface area contributed by atoms with E-state index >= 15 is 0 Å². The maximum absolute atomic E-state index is 12.2. The molecular formula is C15H16N2O3S2. The Morgan fingerprint density at radius 3 is 2.55 bits per heavy atom. The first-order chi connectivity index (χ1) is 10.5. The van der Waals surface area contributed by atoms with E-state index in [2.05, 4.69) is 10.6 Å². The van der Waals surface area contributed by atoms with Crippen LogP contribution in [0.2, 0.25) is 0 Å². The summed E-state index contributed by atoms with van der Waals surface area (Å²) in [7, 11) is 0. The summed E-state index contributed by atoms with van der Waals surface area (Å²) in [5.41, 5.74) is 0.666. The second kappa shape index (κ2) is 7.33. The standard InChI is InChI=1S/C15H16N2O3S2/c1-9(2)17-15(20)14(19)16-7-11-3-4-12(22-11)13(18)10-5-6-21-8-10/h3-6,8-9H,7H2,1-2H3,(H,16,19)(H,17,20). The highest BCUT2D eigenvalue weighted by molar-refractivity contribution is 7.14. The van der Waals surface area contributed by atoms with Crippen LogP contribution in [0.25, 0.3) is 0 Å². The average molecular weight is 336 g/mol. The topological polar surface area (TPSA) is 75.3 Å². The molecule has 116 valence electrons. The number of carbonyl (C=O) groups excluding carboxylic acids is 3. The molecule has 0 aliphatic heterocycles. The third-order valence-corrected chi connectivity index (χ3v) is 4.49. The summed E-state index contributed by atoms with van der Waals surface area (Å²) >= 11 is 2.79. The Balaban J connectivity index is 1.91. The molecule has 22 heavy (non-hydrogen) atoms. The fourth-order valence-electron chi connectivity index (χ4n) is 1.71.